The Morgan fingerprint density at radius 1 is 1.17 bits per heavy atom. The molecule has 2 rings (SSSR count). The number of rotatable bonds is 4. The topological polar surface area (TPSA) is 55.6 Å². The molecule has 1 N–H and O–H groups in total. The van der Waals surface area contributed by atoms with Gasteiger partial charge in [0.25, 0.3) is 0 Å². The molecule has 0 saturated carbocycles. The van der Waals surface area contributed by atoms with Crippen molar-refractivity contribution in [1.82, 2.24) is 25.5 Å². The van der Waals surface area contributed by atoms with E-state index in [2.05, 4.69) is 20.8 Å². The Morgan fingerprint density at radius 2 is 1.89 bits per heavy atom. The van der Waals surface area contributed by atoms with Gasteiger partial charge in [0.1, 0.15) is 5.69 Å². The summed E-state index contributed by atoms with van der Waals surface area (Å²) < 4.78 is 40.5. The van der Waals surface area contributed by atoms with Gasteiger partial charge >= 0.3 is 0 Å². The summed E-state index contributed by atoms with van der Waals surface area (Å²) in [5, 5.41) is 13.6. The van der Waals surface area contributed by atoms with Crippen molar-refractivity contribution in [2.75, 3.05) is 6.54 Å². The van der Waals surface area contributed by atoms with Crippen molar-refractivity contribution in [3.8, 4) is 5.69 Å². The van der Waals surface area contributed by atoms with E-state index in [1.807, 2.05) is 6.92 Å². The van der Waals surface area contributed by atoms with Crippen molar-refractivity contribution >= 4 is 0 Å². The smallest absolute Gasteiger partial charge is 0.170 e. The second-order valence-electron chi connectivity index (χ2n) is 3.50. The van der Waals surface area contributed by atoms with Gasteiger partial charge in [0.05, 0.1) is 6.54 Å². The highest BCUT2D eigenvalue weighted by molar-refractivity contribution is 5.34. The Bertz CT molecular complexity index is 554. The average molecular weight is 257 g/mol. The maximum Gasteiger partial charge on any atom is 0.170 e. The average Bonchev–Trinajstić information content (AvgIpc) is 2.79. The molecule has 1 aromatic carbocycles. The van der Waals surface area contributed by atoms with Gasteiger partial charge in [0.2, 0.25) is 0 Å². The van der Waals surface area contributed by atoms with Gasteiger partial charge in [-0.05, 0) is 17.0 Å². The van der Waals surface area contributed by atoms with Crippen molar-refractivity contribution in [3.63, 3.8) is 0 Å². The van der Waals surface area contributed by atoms with Gasteiger partial charge < -0.3 is 5.32 Å². The third-order valence-corrected chi connectivity index (χ3v) is 2.29. The molecule has 0 atom stereocenters. The van der Waals surface area contributed by atoms with Crippen LogP contribution in [-0.4, -0.2) is 26.8 Å². The summed E-state index contributed by atoms with van der Waals surface area (Å²) >= 11 is 0. The van der Waals surface area contributed by atoms with Gasteiger partial charge in [-0.3, -0.25) is 0 Å². The molecule has 0 bridgehead atoms. The zero-order valence-electron chi connectivity index (χ0n) is 9.49. The van der Waals surface area contributed by atoms with Crippen LogP contribution >= 0.6 is 0 Å². The van der Waals surface area contributed by atoms with E-state index in [-0.39, 0.29) is 5.69 Å². The first kappa shape index (κ1) is 12.5. The van der Waals surface area contributed by atoms with Crippen LogP contribution in [0.2, 0.25) is 0 Å². The number of halogens is 3. The van der Waals surface area contributed by atoms with Crippen LogP contribution in [0.25, 0.3) is 5.69 Å². The molecule has 0 radical (unpaired) electrons. The van der Waals surface area contributed by atoms with E-state index in [1.165, 1.54) is 0 Å². The van der Waals surface area contributed by atoms with Crippen molar-refractivity contribution < 1.29 is 13.2 Å². The van der Waals surface area contributed by atoms with E-state index in [0.29, 0.717) is 25.0 Å². The number of hydrogen-bond donors (Lipinski definition) is 1. The second-order valence-corrected chi connectivity index (χ2v) is 3.50. The molecule has 1 heterocycles. The molecule has 0 saturated heterocycles. The van der Waals surface area contributed by atoms with Crippen LogP contribution in [0.5, 0.6) is 0 Å². The quantitative estimate of drug-likeness (QED) is 0.836. The largest absolute Gasteiger partial charge is 0.310 e. The van der Waals surface area contributed by atoms with Crippen molar-refractivity contribution in [2.45, 2.75) is 13.5 Å². The van der Waals surface area contributed by atoms with Crippen LogP contribution in [0.1, 0.15) is 12.7 Å². The summed E-state index contributed by atoms with van der Waals surface area (Å²) in [7, 11) is 0. The van der Waals surface area contributed by atoms with Gasteiger partial charge in [-0.2, -0.15) is 4.68 Å². The molecule has 0 amide bonds. The SMILES string of the molecule is CCNCc1nnnn1-c1cc(F)c(F)cc1F. The molecule has 0 aliphatic heterocycles. The highest BCUT2D eigenvalue weighted by Gasteiger charge is 2.15. The summed E-state index contributed by atoms with van der Waals surface area (Å²) in [4.78, 5) is 0. The first-order valence-electron chi connectivity index (χ1n) is 5.26. The number of tetrazole rings is 1. The van der Waals surface area contributed by atoms with Crippen LogP contribution in [0.4, 0.5) is 13.2 Å². The van der Waals surface area contributed by atoms with E-state index in [0.717, 1.165) is 10.7 Å². The molecule has 0 spiro atoms. The third kappa shape index (κ3) is 2.33. The lowest BCUT2D eigenvalue weighted by molar-refractivity contribution is 0.490. The van der Waals surface area contributed by atoms with Crippen LogP contribution in [-0.2, 0) is 6.54 Å². The molecule has 0 unspecified atom stereocenters. The van der Waals surface area contributed by atoms with E-state index in [1.54, 1.807) is 0 Å². The predicted molar refractivity (Wildman–Crippen MR) is 56.4 cm³/mol. The maximum absolute atomic E-state index is 13.6. The lowest BCUT2D eigenvalue weighted by Gasteiger charge is -2.06. The Balaban J connectivity index is 2.42. The fourth-order valence-electron chi connectivity index (χ4n) is 1.41. The highest BCUT2D eigenvalue weighted by atomic mass is 19.2. The lowest BCUT2D eigenvalue weighted by atomic mass is 10.3. The minimum Gasteiger partial charge on any atom is -0.310 e. The third-order valence-electron chi connectivity index (χ3n) is 2.29. The summed E-state index contributed by atoms with van der Waals surface area (Å²) in [5.41, 5.74) is -0.230. The van der Waals surface area contributed by atoms with Crippen molar-refractivity contribution in [2.24, 2.45) is 0 Å². The molecule has 0 aliphatic rings. The van der Waals surface area contributed by atoms with Crippen molar-refractivity contribution in [1.29, 1.82) is 0 Å². The molecule has 18 heavy (non-hydrogen) atoms. The van der Waals surface area contributed by atoms with Crippen LogP contribution in [0.15, 0.2) is 12.1 Å². The Labute approximate surface area is 101 Å². The molecular formula is C10H10F3N5. The molecule has 96 valence electrons. The molecule has 5 nitrogen and oxygen atoms in total. The van der Waals surface area contributed by atoms with Crippen LogP contribution in [0, 0.1) is 17.5 Å². The highest BCUT2D eigenvalue weighted by Crippen LogP contribution is 2.17. The normalized spacial score (nSPS) is 10.9. The molecule has 0 fully saturated rings. The summed E-state index contributed by atoms with van der Waals surface area (Å²) in [6.45, 7) is 2.85. The number of nitrogens with zero attached hydrogens (tertiary/aromatic N) is 4. The summed E-state index contributed by atoms with van der Waals surface area (Å²) in [5.74, 6) is -3.03. The van der Waals surface area contributed by atoms with E-state index < -0.39 is 17.5 Å². The number of aromatic nitrogens is 4. The van der Waals surface area contributed by atoms with E-state index >= 15 is 0 Å². The minimum atomic E-state index is -1.25. The van der Waals surface area contributed by atoms with E-state index in [4.69, 9.17) is 0 Å². The molecule has 2 aromatic rings. The standard InChI is InChI=1S/C10H10F3N5/c1-2-14-5-10-15-16-17-18(10)9-4-7(12)6(11)3-8(9)13/h3-4,14H,2,5H2,1H3. The maximum atomic E-state index is 13.6. The van der Waals surface area contributed by atoms with Gasteiger partial charge in [0, 0.05) is 12.1 Å². The zero-order chi connectivity index (χ0) is 13.1. The number of hydrogen-bond acceptors (Lipinski definition) is 4. The molecule has 1 aromatic heterocycles. The summed E-state index contributed by atoms with van der Waals surface area (Å²) in [6.07, 6.45) is 0. The van der Waals surface area contributed by atoms with Gasteiger partial charge in [-0.25, -0.2) is 13.2 Å². The van der Waals surface area contributed by atoms with Gasteiger partial charge in [0.15, 0.2) is 23.3 Å². The Kier molecular flexibility index (Phi) is 3.56. The van der Waals surface area contributed by atoms with E-state index in [9.17, 15) is 13.2 Å². The summed E-state index contributed by atoms with van der Waals surface area (Å²) in [6, 6.07) is 1.18. The zero-order valence-corrected chi connectivity index (χ0v) is 9.49. The van der Waals surface area contributed by atoms with Crippen LogP contribution in [0.3, 0.4) is 0 Å². The fraction of sp³-hybridized carbons (Fsp3) is 0.300. The first-order chi connectivity index (χ1) is 8.63. The predicted octanol–water partition coefficient (Wildman–Crippen LogP) is 1.19. The number of benzene rings is 1. The van der Waals surface area contributed by atoms with Gasteiger partial charge in [-0.15, -0.1) is 5.10 Å². The minimum absolute atomic E-state index is 0.230. The van der Waals surface area contributed by atoms with Crippen LogP contribution < -0.4 is 5.32 Å². The van der Waals surface area contributed by atoms with Gasteiger partial charge in [-0.1, -0.05) is 6.92 Å². The Morgan fingerprint density at radius 3 is 2.61 bits per heavy atom. The molecule has 8 heteroatoms. The number of nitrogens with one attached hydrogen (secondary N) is 1. The van der Waals surface area contributed by atoms with Crippen molar-refractivity contribution in [3.05, 3.63) is 35.4 Å². The Hall–Kier alpha value is -1.96. The molecular weight excluding hydrogens is 247 g/mol. The second kappa shape index (κ2) is 5.13. The fourth-order valence-corrected chi connectivity index (χ4v) is 1.41. The monoisotopic (exact) mass is 257 g/mol. The lowest BCUT2D eigenvalue weighted by Crippen LogP contribution is -2.17. The molecule has 0 aliphatic carbocycles. The first-order valence-corrected chi connectivity index (χ1v) is 5.26.